The fourth-order valence-electron chi connectivity index (χ4n) is 2.68. The zero-order valence-electron chi connectivity index (χ0n) is 14.5. The number of aliphatic hydroxyl groups is 1. The molecule has 25 heavy (non-hydrogen) atoms. The summed E-state index contributed by atoms with van der Waals surface area (Å²) in [6.07, 6.45) is -0.576. The Balaban J connectivity index is 1.58. The lowest BCUT2D eigenvalue weighted by Crippen LogP contribution is -2.39. The van der Waals surface area contributed by atoms with E-state index in [0.29, 0.717) is 18.3 Å². The minimum absolute atomic E-state index is 0.231. The number of benzene rings is 2. The van der Waals surface area contributed by atoms with Crippen molar-refractivity contribution in [2.75, 3.05) is 13.2 Å². The molecule has 2 aromatic carbocycles. The fraction of sp³-hybridized carbons (Fsp3) is 0.368. The highest BCUT2D eigenvalue weighted by molar-refractivity contribution is 7.00. The molecule has 0 aliphatic heterocycles. The second kappa shape index (κ2) is 8.38. The first-order valence-electron chi connectivity index (χ1n) is 8.43. The molecule has 0 saturated carbocycles. The second-order valence-corrected chi connectivity index (χ2v) is 6.89. The Morgan fingerprint density at radius 3 is 2.64 bits per heavy atom. The first kappa shape index (κ1) is 17.8. The summed E-state index contributed by atoms with van der Waals surface area (Å²) in [6.45, 7) is 5.87. The Morgan fingerprint density at radius 1 is 1.08 bits per heavy atom. The van der Waals surface area contributed by atoms with E-state index in [1.165, 1.54) is 17.3 Å². The van der Waals surface area contributed by atoms with Crippen LogP contribution in [0.3, 0.4) is 0 Å². The van der Waals surface area contributed by atoms with Gasteiger partial charge in [0.25, 0.3) is 0 Å². The Bertz CT molecular complexity index is 791. The Kier molecular flexibility index (Phi) is 5.96. The molecule has 0 radical (unpaired) electrons. The zero-order valence-corrected chi connectivity index (χ0v) is 15.3. The molecule has 5 nitrogen and oxygen atoms in total. The summed E-state index contributed by atoms with van der Waals surface area (Å²) in [6, 6.07) is 16.3. The maximum Gasteiger partial charge on any atom is 0.148 e. The zero-order chi connectivity index (χ0) is 17.6. The van der Waals surface area contributed by atoms with E-state index in [-0.39, 0.29) is 6.61 Å². The van der Waals surface area contributed by atoms with Crippen LogP contribution in [0.25, 0.3) is 11.0 Å². The van der Waals surface area contributed by atoms with Crippen LogP contribution in [-0.2, 0) is 6.54 Å². The third-order valence-electron chi connectivity index (χ3n) is 4.08. The summed E-state index contributed by atoms with van der Waals surface area (Å²) in [7, 11) is 0. The Hall–Kier alpha value is -2.02. The lowest BCUT2D eigenvalue weighted by Gasteiger charge is -2.28. The summed E-state index contributed by atoms with van der Waals surface area (Å²) in [5.41, 5.74) is 2.82. The molecular weight excluding hydrogens is 334 g/mol. The van der Waals surface area contributed by atoms with E-state index >= 15 is 0 Å². The SMILES string of the molecule is CC(C)N(Cc1ccccc1)CC(O)COc1cccc2nsnc12. The van der Waals surface area contributed by atoms with E-state index < -0.39 is 6.10 Å². The number of aromatic nitrogens is 2. The van der Waals surface area contributed by atoms with Gasteiger partial charge in [0, 0.05) is 19.1 Å². The number of nitrogens with zero attached hydrogens (tertiary/aromatic N) is 3. The van der Waals surface area contributed by atoms with E-state index in [9.17, 15) is 5.11 Å². The summed E-state index contributed by atoms with van der Waals surface area (Å²) in [5, 5.41) is 10.4. The van der Waals surface area contributed by atoms with Gasteiger partial charge < -0.3 is 9.84 Å². The quantitative estimate of drug-likeness (QED) is 0.670. The van der Waals surface area contributed by atoms with Crippen LogP contribution in [0.5, 0.6) is 5.75 Å². The molecule has 3 aromatic rings. The van der Waals surface area contributed by atoms with Gasteiger partial charge in [0.1, 0.15) is 29.5 Å². The average molecular weight is 357 g/mol. The fourth-order valence-corrected chi connectivity index (χ4v) is 3.22. The minimum Gasteiger partial charge on any atom is -0.488 e. The first-order chi connectivity index (χ1) is 12.1. The third-order valence-corrected chi connectivity index (χ3v) is 4.63. The van der Waals surface area contributed by atoms with Crippen LogP contribution in [0, 0.1) is 0 Å². The molecule has 6 heteroatoms. The molecule has 0 amide bonds. The van der Waals surface area contributed by atoms with Gasteiger partial charge in [0.15, 0.2) is 0 Å². The maximum atomic E-state index is 10.4. The van der Waals surface area contributed by atoms with Crippen LogP contribution < -0.4 is 4.74 Å². The number of rotatable bonds is 8. The third kappa shape index (κ3) is 4.75. The highest BCUT2D eigenvalue weighted by Gasteiger charge is 2.16. The molecule has 3 rings (SSSR count). The molecule has 0 aliphatic rings. The Labute approximate surface area is 152 Å². The van der Waals surface area contributed by atoms with Gasteiger partial charge in [0.05, 0.1) is 11.7 Å². The van der Waals surface area contributed by atoms with Crippen molar-refractivity contribution >= 4 is 22.8 Å². The summed E-state index contributed by atoms with van der Waals surface area (Å²) >= 11 is 1.17. The van der Waals surface area contributed by atoms with Crippen LogP contribution in [-0.4, -0.2) is 44.1 Å². The van der Waals surface area contributed by atoms with Crippen molar-refractivity contribution in [1.29, 1.82) is 0 Å². The number of hydrogen-bond donors (Lipinski definition) is 1. The van der Waals surface area contributed by atoms with Crippen LogP contribution in [0.4, 0.5) is 0 Å². The first-order valence-corrected chi connectivity index (χ1v) is 9.16. The summed E-state index contributed by atoms with van der Waals surface area (Å²) < 4.78 is 14.3. The van der Waals surface area contributed by atoms with Gasteiger partial charge in [-0.15, -0.1) is 0 Å². The smallest absolute Gasteiger partial charge is 0.148 e. The van der Waals surface area contributed by atoms with Crippen molar-refractivity contribution in [2.24, 2.45) is 0 Å². The number of ether oxygens (including phenoxy) is 1. The number of hydrogen-bond acceptors (Lipinski definition) is 6. The molecule has 0 spiro atoms. The summed E-state index contributed by atoms with van der Waals surface area (Å²) in [5.74, 6) is 0.671. The standard InChI is InChI=1S/C19H23N3O2S/c1-14(2)22(11-15-7-4-3-5-8-15)12-16(23)13-24-18-10-6-9-17-19(18)21-25-20-17/h3-10,14,16,23H,11-13H2,1-2H3. The predicted octanol–water partition coefficient (Wildman–Crippen LogP) is 3.34. The van der Waals surface area contributed by atoms with Crippen LogP contribution >= 0.6 is 11.7 Å². The molecule has 0 saturated heterocycles. The highest BCUT2D eigenvalue weighted by atomic mass is 32.1. The van der Waals surface area contributed by atoms with Gasteiger partial charge in [-0.05, 0) is 31.5 Å². The molecule has 1 atom stereocenters. The molecule has 0 bridgehead atoms. The lowest BCUT2D eigenvalue weighted by atomic mass is 10.1. The molecule has 1 heterocycles. The van der Waals surface area contributed by atoms with Crippen molar-refractivity contribution < 1.29 is 9.84 Å². The van der Waals surface area contributed by atoms with Crippen molar-refractivity contribution in [3.63, 3.8) is 0 Å². The van der Waals surface area contributed by atoms with Gasteiger partial charge in [-0.1, -0.05) is 36.4 Å². The van der Waals surface area contributed by atoms with E-state index in [1.807, 2.05) is 36.4 Å². The highest BCUT2D eigenvalue weighted by Crippen LogP contribution is 2.23. The minimum atomic E-state index is -0.576. The van der Waals surface area contributed by atoms with Crippen molar-refractivity contribution in [2.45, 2.75) is 32.5 Å². The van der Waals surface area contributed by atoms with E-state index in [0.717, 1.165) is 17.6 Å². The van der Waals surface area contributed by atoms with Gasteiger partial charge in [-0.25, -0.2) is 0 Å². The largest absolute Gasteiger partial charge is 0.488 e. The molecular formula is C19H23N3O2S. The topological polar surface area (TPSA) is 58.5 Å². The normalized spacial score (nSPS) is 12.8. The van der Waals surface area contributed by atoms with Gasteiger partial charge >= 0.3 is 0 Å². The number of aliphatic hydroxyl groups excluding tert-OH is 1. The van der Waals surface area contributed by atoms with Crippen LogP contribution in [0.1, 0.15) is 19.4 Å². The molecule has 1 aromatic heterocycles. The van der Waals surface area contributed by atoms with Crippen LogP contribution in [0.2, 0.25) is 0 Å². The number of fused-ring (bicyclic) bond motifs is 1. The molecule has 1 unspecified atom stereocenters. The molecule has 0 fully saturated rings. The van der Waals surface area contributed by atoms with E-state index in [1.54, 1.807) is 0 Å². The predicted molar refractivity (Wildman–Crippen MR) is 101 cm³/mol. The monoisotopic (exact) mass is 357 g/mol. The van der Waals surface area contributed by atoms with Gasteiger partial charge in [-0.2, -0.15) is 8.75 Å². The van der Waals surface area contributed by atoms with E-state index in [4.69, 9.17) is 4.74 Å². The average Bonchev–Trinajstić information content (AvgIpc) is 3.09. The van der Waals surface area contributed by atoms with E-state index in [2.05, 4.69) is 39.6 Å². The summed E-state index contributed by atoms with van der Waals surface area (Å²) in [4.78, 5) is 2.24. The molecule has 132 valence electrons. The second-order valence-electron chi connectivity index (χ2n) is 6.36. The Morgan fingerprint density at radius 2 is 1.88 bits per heavy atom. The molecule has 1 N–H and O–H groups in total. The van der Waals surface area contributed by atoms with Gasteiger partial charge in [-0.3, -0.25) is 4.90 Å². The molecule has 0 aliphatic carbocycles. The van der Waals surface area contributed by atoms with Crippen molar-refractivity contribution in [1.82, 2.24) is 13.6 Å². The van der Waals surface area contributed by atoms with Crippen molar-refractivity contribution in [3.05, 3.63) is 54.1 Å². The van der Waals surface area contributed by atoms with Gasteiger partial charge in [0.2, 0.25) is 0 Å². The maximum absolute atomic E-state index is 10.4. The van der Waals surface area contributed by atoms with Crippen LogP contribution in [0.15, 0.2) is 48.5 Å². The van der Waals surface area contributed by atoms with Crippen molar-refractivity contribution in [3.8, 4) is 5.75 Å². The lowest BCUT2D eigenvalue weighted by molar-refractivity contribution is 0.0547.